The lowest BCUT2D eigenvalue weighted by molar-refractivity contribution is 0.147. The summed E-state index contributed by atoms with van der Waals surface area (Å²) in [4.78, 5) is 4.48. The fraction of sp³-hybridized carbons (Fsp3) is 0.286. The third-order valence-electron chi connectivity index (χ3n) is 4.81. The van der Waals surface area contributed by atoms with Crippen LogP contribution in [-0.4, -0.2) is 17.1 Å². The van der Waals surface area contributed by atoms with Gasteiger partial charge in [-0.25, -0.2) is 4.98 Å². The van der Waals surface area contributed by atoms with E-state index in [2.05, 4.69) is 22.4 Å². The number of benzene rings is 2. The Labute approximate surface area is 158 Å². The number of fused-ring (bicyclic) bond motifs is 1. The van der Waals surface area contributed by atoms with E-state index in [-0.39, 0.29) is 6.10 Å². The van der Waals surface area contributed by atoms with Crippen molar-refractivity contribution < 1.29 is 4.74 Å². The normalized spacial score (nSPS) is 20.1. The lowest BCUT2D eigenvalue weighted by Crippen LogP contribution is -2.31. The van der Waals surface area contributed by atoms with Gasteiger partial charge in [-0.1, -0.05) is 17.7 Å². The highest BCUT2D eigenvalue weighted by Crippen LogP contribution is 2.28. The minimum Gasteiger partial charge on any atom is -0.490 e. The molecule has 5 heteroatoms. The molecule has 0 radical (unpaired) electrons. The Morgan fingerprint density at radius 3 is 2.65 bits per heavy atom. The fourth-order valence-corrected chi connectivity index (χ4v) is 3.56. The Bertz CT molecular complexity index is 907. The van der Waals surface area contributed by atoms with Crippen LogP contribution in [0.5, 0.6) is 5.75 Å². The van der Waals surface area contributed by atoms with Crippen LogP contribution in [0.4, 0.5) is 11.5 Å². The Morgan fingerprint density at radius 2 is 1.85 bits per heavy atom. The molecule has 1 fully saturated rings. The van der Waals surface area contributed by atoms with Gasteiger partial charge < -0.3 is 15.8 Å². The second kappa shape index (κ2) is 7.52. The molecule has 134 valence electrons. The molecular formula is C21H22ClN3O. The highest BCUT2D eigenvalue weighted by Gasteiger charge is 2.19. The van der Waals surface area contributed by atoms with Crippen molar-refractivity contribution in [3.8, 4) is 5.75 Å². The van der Waals surface area contributed by atoms with Gasteiger partial charge in [0.1, 0.15) is 11.6 Å². The molecule has 1 aliphatic rings. The number of aromatic nitrogens is 1. The van der Waals surface area contributed by atoms with E-state index in [0.29, 0.717) is 11.1 Å². The number of nitrogens with two attached hydrogens (primary N) is 1. The first-order valence-corrected chi connectivity index (χ1v) is 9.38. The van der Waals surface area contributed by atoms with Gasteiger partial charge in [0.15, 0.2) is 0 Å². The van der Waals surface area contributed by atoms with Gasteiger partial charge in [-0.2, -0.15) is 0 Å². The summed E-state index contributed by atoms with van der Waals surface area (Å²) >= 11 is 6.04. The van der Waals surface area contributed by atoms with Gasteiger partial charge in [0.2, 0.25) is 0 Å². The number of nitrogens with zero attached hydrogens (tertiary/aromatic N) is 1. The van der Waals surface area contributed by atoms with E-state index in [9.17, 15) is 0 Å². The Hall–Kier alpha value is -2.30. The summed E-state index contributed by atoms with van der Waals surface area (Å²) in [6.07, 6.45) is 6.25. The van der Waals surface area contributed by atoms with Crippen LogP contribution in [0.15, 0.2) is 54.7 Å². The van der Waals surface area contributed by atoms with Gasteiger partial charge in [0.05, 0.1) is 6.10 Å². The molecule has 3 aromatic rings. The van der Waals surface area contributed by atoms with Crippen molar-refractivity contribution in [3.05, 3.63) is 59.8 Å². The van der Waals surface area contributed by atoms with Crippen LogP contribution in [0, 0.1) is 0 Å². The third kappa shape index (κ3) is 4.09. The second-order valence-corrected chi connectivity index (χ2v) is 7.30. The standard InChI is InChI=1S/C21H22ClN3O/c22-16-2-1-3-18(12-16)25-21-11-15-10-20(7-4-14(15)13-24-21)26-19-8-5-17(23)6-9-19/h1-4,7,10-13,17,19H,5-6,8-9,23H2,(H,24,25). The van der Waals surface area contributed by atoms with Crippen molar-refractivity contribution in [2.24, 2.45) is 5.73 Å². The maximum Gasteiger partial charge on any atom is 0.130 e. The molecule has 26 heavy (non-hydrogen) atoms. The quantitative estimate of drug-likeness (QED) is 0.658. The number of ether oxygens (including phenoxy) is 1. The first kappa shape index (κ1) is 17.1. The summed E-state index contributed by atoms with van der Waals surface area (Å²) < 4.78 is 6.17. The molecule has 0 spiro atoms. The molecule has 0 aliphatic heterocycles. The minimum atomic E-state index is 0.262. The van der Waals surface area contributed by atoms with Crippen LogP contribution in [0.25, 0.3) is 10.8 Å². The average molecular weight is 368 g/mol. The maximum absolute atomic E-state index is 6.17. The first-order valence-electron chi connectivity index (χ1n) is 9.00. The summed E-state index contributed by atoms with van der Waals surface area (Å²) in [5.41, 5.74) is 6.89. The summed E-state index contributed by atoms with van der Waals surface area (Å²) in [7, 11) is 0. The smallest absolute Gasteiger partial charge is 0.130 e. The number of anilines is 2. The lowest BCUT2D eigenvalue weighted by Gasteiger charge is -2.26. The van der Waals surface area contributed by atoms with E-state index in [0.717, 1.165) is 53.7 Å². The predicted octanol–water partition coefficient (Wildman–Crippen LogP) is 5.28. The van der Waals surface area contributed by atoms with Crippen LogP contribution in [0.3, 0.4) is 0 Å². The van der Waals surface area contributed by atoms with Crippen molar-refractivity contribution in [1.82, 2.24) is 4.98 Å². The lowest BCUT2D eigenvalue weighted by atomic mass is 9.94. The molecule has 0 unspecified atom stereocenters. The molecule has 1 saturated carbocycles. The van der Waals surface area contributed by atoms with Crippen LogP contribution >= 0.6 is 11.6 Å². The fourth-order valence-electron chi connectivity index (χ4n) is 3.37. The Morgan fingerprint density at radius 1 is 1.00 bits per heavy atom. The third-order valence-corrected chi connectivity index (χ3v) is 5.05. The van der Waals surface area contributed by atoms with E-state index in [4.69, 9.17) is 22.1 Å². The van der Waals surface area contributed by atoms with Gasteiger partial charge in [0.25, 0.3) is 0 Å². The van der Waals surface area contributed by atoms with Crippen LogP contribution in [0.2, 0.25) is 5.02 Å². The average Bonchev–Trinajstić information content (AvgIpc) is 2.63. The summed E-state index contributed by atoms with van der Waals surface area (Å²) in [6.45, 7) is 0. The molecule has 4 rings (SSSR count). The van der Waals surface area contributed by atoms with E-state index in [1.807, 2.05) is 42.6 Å². The monoisotopic (exact) mass is 367 g/mol. The number of nitrogens with one attached hydrogen (secondary N) is 1. The largest absolute Gasteiger partial charge is 0.490 e. The van der Waals surface area contributed by atoms with Crippen LogP contribution in [0.1, 0.15) is 25.7 Å². The van der Waals surface area contributed by atoms with Crippen molar-refractivity contribution in [1.29, 1.82) is 0 Å². The van der Waals surface area contributed by atoms with Crippen LogP contribution in [-0.2, 0) is 0 Å². The van der Waals surface area contributed by atoms with E-state index in [1.165, 1.54) is 0 Å². The zero-order valence-electron chi connectivity index (χ0n) is 14.5. The van der Waals surface area contributed by atoms with Crippen molar-refractivity contribution in [2.45, 2.75) is 37.8 Å². The van der Waals surface area contributed by atoms with Gasteiger partial charge >= 0.3 is 0 Å². The molecular weight excluding hydrogens is 346 g/mol. The van der Waals surface area contributed by atoms with Crippen molar-refractivity contribution >= 4 is 33.9 Å². The summed E-state index contributed by atoms with van der Waals surface area (Å²) in [5.74, 6) is 1.68. The van der Waals surface area contributed by atoms with E-state index >= 15 is 0 Å². The van der Waals surface area contributed by atoms with Crippen molar-refractivity contribution in [2.75, 3.05) is 5.32 Å². The van der Waals surface area contributed by atoms with Gasteiger partial charge in [-0.15, -0.1) is 0 Å². The first-order chi connectivity index (χ1) is 12.7. The SMILES string of the molecule is NC1CCC(Oc2ccc3cnc(Nc4cccc(Cl)c4)cc3c2)CC1. The number of pyridine rings is 1. The molecule has 0 bridgehead atoms. The van der Waals surface area contributed by atoms with Gasteiger partial charge in [-0.05, 0) is 73.5 Å². The van der Waals surface area contributed by atoms with Crippen molar-refractivity contribution in [3.63, 3.8) is 0 Å². The van der Waals surface area contributed by atoms with Gasteiger partial charge in [-0.3, -0.25) is 0 Å². The van der Waals surface area contributed by atoms with E-state index in [1.54, 1.807) is 0 Å². The van der Waals surface area contributed by atoms with Gasteiger partial charge in [0, 0.05) is 28.3 Å². The highest BCUT2D eigenvalue weighted by molar-refractivity contribution is 6.30. The molecule has 0 amide bonds. The second-order valence-electron chi connectivity index (χ2n) is 6.87. The molecule has 1 aromatic heterocycles. The molecule has 0 saturated heterocycles. The number of halogens is 1. The topological polar surface area (TPSA) is 60.2 Å². The molecule has 1 heterocycles. The van der Waals surface area contributed by atoms with E-state index < -0.39 is 0 Å². The predicted molar refractivity (Wildman–Crippen MR) is 107 cm³/mol. The molecule has 1 aliphatic carbocycles. The molecule has 4 nitrogen and oxygen atoms in total. The number of rotatable bonds is 4. The van der Waals surface area contributed by atoms with Crippen LogP contribution < -0.4 is 15.8 Å². The zero-order valence-corrected chi connectivity index (χ0v) is 15.2. The molecule has 2 aromatic carbocycles. The Kier molecular flexibility index (Phi) is 4.96. The minimum absolute atomic E-state index is 0.262. The maximum atomic E-state index is 6.17. The highest BCUT2D eigenvalue weighted by atomic mass is 35.5. The number of hydrogen-bond acceptors (Lipinski definition) is 4. The zero-order chi connectivity index (χ0) is 17.9. The molecule has 3 N–H and O–H groups in total. The summed E-state index contributed by atoms with van der Waals surface area (Å²) in [5, 5.41) is 6.16. The number of hydrogen-bond donors (Lipinski definition) is 2. The molecule has 0 atom stereocenters. The summed E-state index contributed by atoms with van der Waals surface area (Å²) in [6, 6.07) is 16.1. The Balaban J connectivity index is 1.52.